The zero-order valence-electron chi connectivity index (χ0n) is 17.6. The van der Waals surface area contributed by atoms with Gasteiger partial charge in [0.15, 0.2) is 5.78 Å². The lowest BCUT2D eigenvalue weighted by molar-refractivity contribution is -0.157. The number of halogens is 1. The number of hydrazine groups is 1. The highest BCUT2D eigenvalue weighted by Crippen LogP contribution is 2.56. The van der Waals surface area contributed by atoms with E-state index in [0.717, 1.165) is 29.3 Å². The third-order valence-corrected chi connectivity index (χ3v) is 7.57. The van der Waals surface area contributed by atoms with Crippen LogP contribution in [-0.2, 0) is 9.59 Å². The summed E-state index contributed by atoms with van der Waals surface area (Å²) in [5.74, 6) is -2.20. The van der Waals surface area contributed by atoms with E-state index in [2.05, 4.69) is 0 Å². The number of carbonyl (C=O) groups is 4. The zero-order chi connectivity index (χ0) is 22.6. The topological polar surface area (TPSA) is 74.8 Å². The SMILES string of the molecule is C[C@H](C(=O)c1ccccc1)N(C(=O)c1ccccc1Cl)N1C(=O)[C@@H]2[C@H]3CC[C@@H](C3)[C@@H]2C1=O. The second kappa shape index (κ2) is 7.85. The van der Waals surface area contributed by atoms with Crippen LogP contribution in [0.3, 0.4) is 0 Å². The fourth-order valence-electron chi connectivity index (χ4n) is 5.76. The van der Waals surface area contributed by atoms with Gasteiger partial charge in [-0.3, -0.25) is 19.2 Å². The molecule has 164 valence electrons. The maximum Gasteiger partial charge on any atom is 0.275 e. The summed E-state index contributed by atoms with van der Waals surface area (Å²) >= 11 is 6.28. The van der Waals surface area contributed by atoms with Crippen LogP contribution < -0.4 is 0 Å². The number of hydrogen-bond acceptors (Lipinski definition) is 4. The highest BCUT2D eigenvalue weighted by Gasteiger charge is 2.63. The lowest BCUT2D eigenvalue weighted by Gasteiger charge is -2.35. The predicted octanol–water partition coefficient (Wildman–Crippen LogP) is 4.00. The fraction of sp³-hybridized carbons (Fsp3) is 0.360. The van der Waals surface area contributed by atoms with E-state index in [-0.39, 0.29) is 40.0 Å². The predicted molar refractivity (Wildman–Crippen MR) is 118 cm³/mol. The van der Waals surface area contributed by atoms with Gasteiger partial charge in [0, 0.05) is 5.56 Å². The molecule has 2 aromatic carbocycles. The molecule has 3 aliphatic rings. The molecule has 32 heavy (non-hydrogen) atoms. The van der Waals surface area contributed by atoms with Gasteiger partial charge in [-0.2, -0.15) is 5.01 Å². The van der Waals surface area contributed by atoms with Gasteiger partial charge in [-0.25, -0.2) is 5.01 Å². The molecule has 2 bridgehead atoms. The molecule has 0 aromatic heterocycles. The normalized spacial score (nSPS) is 26.9. The van der Waals surface area contributed by atoms with Crippen molar-refractivity contribution in [1.82, 2.24) is 10.0 Å². The van der Waals surface area contributed by atoms with Crippen LogP contribution >= 0.6 is 11.6 Å². The van der Waals surface area contributed by atoms with Gasteiger partial charge in [-0.15, -0.1) is 0 Å². The molecule has 5 rings (SSSR count). The fourth-order valence-corrected chi connectivity index (χ4v) is 5.97. The number of benzene rings is 2. The highest BCUT2D eigenvalue weighted by atomic mass is 35.5. The van der Waals surface area contributed by atoms with E-state index in [1.165, 1.54) is 6.07 Å². The average Bonchev–Trinajstić information content (AvgIpc) is 3.49. The Hall–Kier alpha value is -2.99. The number of imide groups is 1. The summed E-state index contributed by atoms with van der Waals surface area (Å²) in [6.07, 6.45) is 2.74. The third-order valence-electron chi connectivity index (χ3n) is 7.24. The van der Waals surface area contributed by atoms with E-state index >= 15 is 0 Å². The van der Waals surface area contributed by atoms with E-state index in [9.17, 15) is 19.2 Å². The van der Waals surface area contributed by atoms with Crippen LogP contribution in [0.4, 0.5) is 0 Å². The summed E-state index contributed by atoms with van der Waals surface area (Å²) in [5.41, 5.74) is 0.541. The molecule has 1 aliphatic heterocycles. The van der Waals surface area contributed by atoms with Gasteiger partial charge in [0.1, 0.15) is 6.04 Å². The van der Waals surface area contributed by atoms with E-state index in [1.54, 1.807) is 55.5 Å². The first-order valence-corrected chi connectivity index (χ1v) is 11.3. The van der Waals surface area contributed by atoms with Gasteiger partial charge in [0.2, 0.25) is 0 Å². The minimum atomic E-state index is -1.06. The number of amides is 3. The van der Waals surface area contributed by atoms with Crippen LogP contribution in [0.25, 0.3) is 0 Å². The molecule has 5 atom stereocenters. The summed E-state index contributed by atoms with van der Waals surface area (Å²) in [7, 11) is 0. The number of nitrogens with zero attached hydrogens (tertiary/aromatic N) is 2. The third kappa shape index (κ3) is 3.08. The molecule has 3 amide bonds. The maximum absolute atomic E-state index is 13.7. The lowest BCUT2D eigenvalue weighted by atomic mass is 9.81. The van der Waals surface area contributed by atoms with Crippen molar-refractivity contribution < 1.29 is 19.2 Å². The molecule has 0 unspecified atom stereocenters. The van der Waals surface area contributed by atoms with Crippen molar-refractivity contribution in [3.63, 3.8) is 0 Å². The quantitative estimate of drug-likeness (QED) is 0.509. The maximum atomic E-state index is 13.7. The summed E-state index contributed by atoms with van der Waals surface area (Å²) in [6, 6.07) is 13.9. The van der Waals surface area contributed by atoms with Crippen molar-refractivity contribution in [2.45, 2.75) is 32.2 Å². The summed E-state index contributed by atoms with van der Waals surface area (Å²) in [6.45, 7) is 1.55. The van der Waals surface area contributed by atoms with Crippen molar-refractivity contribution in [2.24, 2.45) is 23.7 Å². The number of Topliss-reactive ketones (excluding diaryl/α,β-unsaturated/α-hetero) is 1. The molecule has 2 aliphatic carbocycles. The Morgan fingerprint density at radius 3 is 2.09 bits per heavy atom. The molecule has 0 spiro atoms. The lowest BCUT2D eigenvalue weighted by Crippen LogP contribution is -2.57. The minimum Gasteiger partial charge on any atom is -0.292 e. The monoisotopic (exact) mass is 450 g/mol. The van der Waals surface area contributed by atoms with Crippen LogP contribution in [0.15, 0.2) is 54.6 Å². The first-order chi connectivity index (χ1) is 15.4. The van der Waals surface area contributed by atoms with Gasteiger partial charge in [0.05, 0.1) is 22.4 Å². The van der Waals surface area contributed by atoms with E-state index in [1.807, 2.05) is 0 Å². The Morgan fingerprint density at radius 2 is 1.50 bits per heavy atom. The largest absolute Gasteiger partial charge is 0.292 e. The Labute approximate surface area is 191 Å². The van der Waals surface area contributed by atoms with Gasteiger partial charge < -0.3 is 0 Å². The summed E-state index contributed by atoms with van der Waals surface area (Å²) in [5, 5.41) is 2.19. The molecule has 0 N–H and O–H groups in total. The number of fused-ring (bicyclic) bond motifs is 5. The second-order valence-corrected chi connectivity index (χ2v) is 9.32. The van der Waals surface area contributed by atoms with Gasteiger partial charge in [0.25, 0.3) is 17.7 Å². The van der Waals surface area contributed by atoms with Crippen LogP contribution in [0.2, 0.25) is 5.02 Å². The van der Waals surface area contributed by atoms with Crippen molar-refractivity contribution in [1.29, 1.82) is 0 Å². The molecule has 2 saturated carbocycles. The molecule has 7 heteroatoms. The first-order valence-electron chi connectivity index (χ1n) is 10.9. The number of rotatable bonds is 5. The van der Waals surface area contributed by atoms with E-state index in [0.29, 0.717) is 5.56 Å². The Balaban J connectivity index is 1.56. The minimum absolute atomic E-state index is 0.141. The van der Waals surface area contributed by atoms with Crippen molar-refractivity contribution in [3.8, 4) is 0 Å². The molecule has 1 heterocycles. The Kier molecular flexibility index (Phi) is 5.13. The van der Waals surface area contributed by atoms with Crippen LogP contribution in [0, 0.1) is 23.7 Å². The number of carbonyl (C=O) groups excluding carboxylic acids is 4. The van der Waals surface area contributed by atoms with Crippen LogP contribution in [0.5, 0.6) is 0 Å². The smallest absolute Gasteiger partial charge is 0.275 e. The first kappa shape index (κ1) is 20.9. The Morgan fingerprint density at radius 1 is 0.938 bits per heavy atom. The van der Waals surface area contributed by atoms with Crippen LogP contribution in [-0.4, -0.2) is 39.6 Å². The van der Waals surface area contributed by atoms with Crippen molar-refractivity contribution >= 4 is 35.1 Å². The van der Waals surface area contributed by atoms with Gasteiger partial charge in [-0.05, 0) is 50.2 Å². The van der Waals surface area contributed by atoms with Gasteiger partial charge >= 0.3 is 0 Å². The molecular weight excluding hydrogens is 428 g/mol. The Bertz CT molecular complexity index is 1090. The van der Waals surface area contributed by atoms with E-state index < -0.39 is 23.8 Å². The summed E-state index contributed by atoms with van der Waals surface area (Å²) in [4.78, 5) is 53.9. The number of hydrogen-bond donors (Lipinski definition) is 0. The molecule has 0 radical (unpaired) electrons. The van der Waals surface area contributed by atoms with Crippen molar-refractivity contribution in [3.05, 3.63) is 70.7 Å². The van der Waals surface area contributed by atoms with Crippen LogP contribution in [0.1, 0.15) is 46.9 Å². The molecule has 1 saturated heterocycles. The summed E-state index contributed by atoms with van der Waals surface area (Å²) < 4.78 is 0. The molecule has 2 aromatic rings. The van der Waals surface area contributed by atoms with Crippen molar-refractivity contribution in [2.75, 3.05) is 0 Å². The average molecular weight is 451 g/mol. The highest BCUT2D eigenvalue weighted by molar-refractivity contribution is 6.34. The second-order valence-electron chi connectivity index (χ2n) is 8.91. The zero-order valence-corrected chi connectivity index (χ0v) is 18.4. The van der Waals surface area contributed by atoms with Gasteiger partial charge in [-0.1, -0.05) is 54.1 Å². The van der Waals surface area contributed by atoms with E-state index in [4.69, 9.17) is 11.6 Å². The molecule has 3 fully saturated rings. The molecular formula is C25H23ClN2O4. The standard InChI is InChI=1S/C25H23ClN2O4/c1-14(22(29)15-7-3-2-4-8-15)27(23(30)18-9-5-6-10-19(18)26)28-24(31)20-16-11-12-17(13-16)21(20)25(28)32/h2-10,14,16-17,20-21H,11-13H2,1H3/t14-,16+,17+,20-,21+/m1/s1. The molecule has 6 nitrogen and oxygen atoms in total. The number of ketones is 1.